The van der Waals surface area contributed by atoms with Crippen LogP contribution in [0.2, 0.25) is 0 Å². The van der Waals surface area contributed by atoms with Gasteiger partial charge in [0.15, 0.2) is 5.54 Å². The minimum Gasteiger partial charge on any atom is -0.349 e. The Morgan fingerprint density at radius 2 is 1.48 bits per heavy atom. The first-order chi connectivity index (χ1) is 15.8. The van der Waals surface area contributed by atoms with Gasteiger partial charge in [0.1, 0.15) is 0 Å². The van der Waals surface area contributed by atoms with Gasteiger partial charge >= 0.3 is 0 Å². The van der Waals surface area contributed by atoms with Crippen molar-refractivity contribution in [2.45, 2.75) is 25.4 Å². The van der Waals surface area contributed by atoms with Crippen LogP contribution < -0.4 is 15.5 Å². The second-order valence-corrected chi connectivity index (χ2v) is 9.12. The van der Waals surface area contributed by atoms with Crippen molar-refractivity contribution >= 4 is 39.3 Å². The number of anilines is 1. The van der Waals surface area contributed by atoms with Gasteiger partial charge in [-0.25, -0.2) is 0 Å². The molecule has 7 heteroatoms. The maximum absolute atomic E-state index is 13.9. The number of nitrogens with zero attached hydrogens (tertiary/aromatic N) is 1. The first-order valence-electron chi connectivity index (χ1n) is 10.7. The Morgan fingerprint density at radius 3 is 2.06 bits per heavy atom. The summed E-state index contributed by atoms with van der Waals surface area (Å²) in [5, 5.41) is 5.84. The molecule has 1 aliphatic rings. The molecule has 0 saturated carbocycles. The zero-order valence-corrected chi connectivity index (χ0v) is 19.9. The molecular formula is C26H24BrN3O3. The topological polar surface area (TPSA) is 78.5 Å². The summed E-state index contributed by atoms with van der Waals surface area (Å²) in [6.07, 6.45) is 0. The quantitative estimate of drug-likeness (QED) is 0.525. The molecule has 0 spiro atoms. The fraction of sp³-hybridized carbons (Fsp3) is 0.192. The van der Waals surface area contributed by atoms with Gasteiger partial charge in [0.05, 0.1) is 12.2 Å². The number of amides is 3. The van der Waals surface area contributed by atoms with Crippen LogP contribution in [0.15, 0.2) is 83.3 Å². The van der Waals surface area contributed by atoms with Crippen LogP contribution in [0.25, 0.3) is 0 Å². The summed E-state index contributed by atoms with van der Waals surface area (Å²) < 4.78 is 0.771. The molecule has 3 amide bonds. The molecule has 3 aromatic rings. The molecule has 3 aromatic carbocycles. The molecule has 168 valence electrons. The van der Waals surface area contributed by atoms with Crippen molar-refractivity contribution in [1.29, 1.82) is 0 Å². The Labute approximate surface area is 201 Å². The second kappa shape index (κ2) is 9.19. The Kier molecular flexibility index (Phi) is 6.33. The number of halogens is 1. The van der Waals surface area contributed by atoms with E-state index in [2.05, 4.69) is 26.6 Å². The highest BCUT2D eigenvalue weighted by molar-refractivity contribution is 9.10. The van der Waals surface area contributed by atoms with Gasteiger partial charge < -0.3 is 15.5 Å². The van der Waals surface area contributed by atoms with E-state index in [9.17, 15) is 14.4 Å². The van der Waals surface area contributed by atoms with Crippen LogP contribution in [0.1, 0.15) is 40.1 Å². The minimum atomic E-state index is -1.46. The normalized spacial score (nSPS) is 17.1. The van der Waals surface area contributed by atoms with Crippen molar-refractivity contribution in [3.63, 3.8) is 0 Å². The highest BCUT2D eigenvalue weighted by atomic mass is 79.9. The zero-order chi connectivity index (χ0) is 23.6. The Bertz CT molecular complexity index is 1200. The summed E-state index contributed by atoms with van der Waals surface area (Å²) in [7, 11) is 0. The zero-order valence-electron chi connectivity index (χ0n) is 18.3. The number of carbonyl (C=O) groups is 3. The average Bonchev–Trinajstić information content (AvgIpc) is 3.06. The standard InChI is InChI=1S/C26H24BrN3O3/c1-17(2)30-22-14-13-20(27)15-21(22)26(25(30)33,29-24(32)19-11-7-4-8-12-19)16-28-23(31)18-9-5-3-6-10-18/h3-15,17H,16H2,1-2H3,(H,28,31)(H,29,32). The Hall–Kier alpha value is -3.45. The van der Waals surface area contributed by atoms with Crippen molar-refractivity contribution in [2.75, 3.05) is 11.4 Å². The van der Waals surface area contributed by atoms with E-state index in [1.807, 2.05) is 44.2 Å². The summed E-state index contributed by atoms with van der Waals surface area (Å²) in [5.74, 6) is -1.01. The number of benzene rings is 3. The number of rotatable bonds is 6. The lowest BCUT2D eigenvalue weighted by Crippen LogP contribution is -2.59. The monoisotopic (exact) mass is 505 g/mol. The summed E-state index contributed by atoms with van der Waals surface area (Å²) in [6, 6.07) is 22.9. The molecule has 1 unspecified atom stereocenters. The lowest BCUT2D eigenvalue weighted by atomic mass is 9.90. The molecule has 0 bridgehead atoms. The molecule has 1 aliphatic heterocycles. The number of fused-ring (bicyclic) bond motifs is 1. The average molecular weight is 506 g/mol. The molecular weight excluding hydrogens is 482 g/mol. The second-order valence-electron chi connectivity index (χ2n) is 8.20. The molecule has 1 atom stereocenters. The van der Waals surface area contributed by atoms with E-state index in [1.165, 1.54) is 0 Å². The first-order valence-corrected chi connectivity index (χ1v) is 11.5. The van der Waals surface area contributed by atoms with Crippen LogP contribution in [0, 0.1) is 0 Å². The molecule has 33 heavy (non-hydrogen) atoms. The van der Waals surface area contributed by atoms with Crippen molar-refractivity contribution in [3.05, 3.63) is 100 Å². The van der Waals surface area contributed by atoms with E-state index in [0.717, 1.165) is 4.47 Å². The van der Waals surface area contributed by atoms with Crippen LogP contribution in [-0.2, 0) is 10.3 Å². The number of carbonyl (C=O) groups excluding carboxylic acids is 3. The Morgan fingerprint density at radius 1 is 0.909 bits per heavy atom. The SMILES string of the molecule is CC(C)N1C(=O)C(CNC(=O)c2ccccc2)(NC(=O)c2ccccc2)c2cc(Br)ccc21. The van der Waals surface area contributed by atoms with Crippen LogP contribution >= 0.6 is 15.9 Å². The fourth-order valence-electron chi connectivity index (χ4n) is 4.10. The number of hydrogen-bond donors (Lipinski definition) is 2. The van der Waals surface area contributed by atoms with Gasteiger partial charge in [0.2, 0.25) is 0 Å². The van der Waals surface area contributed by atoms with Gasteiger partial charge in [-0.05, 0) is 56.3 Å². The minimum absolute atomic E-state index is 0.0925. The summed E-state index contributed by atoms with van der Waals surface area (Å²) in [4.78, 5) is 41.6. The van der Waals surface area contributed by atoms with Gasteiger partial charge in [-0.3, -0.25) is 14.4 Å². The van der Waals surface area contributed by atoms with Crippen molar-refractivity contribution in [3.8, 4) is 0 Å². The van der Waals surface area contributed by atoms with Crippen LogP contribution in [-0.4, -0.2) is 30.3 Å². The van der Waals surface area contributed by atoms with Crippen LogP contribution in [0.3, 0.4) is 0 Å². The molecule has 6 nitrogen and oxygen atoms in total. The molecule has 0 aromatic heterocycles. The number of nitrogens with one attached hydrogen (secondary N) is 2. The third-order valence-electron chi connectivity index (χ3n) is 5.69. The molecule has 0 radical (unpaired) electrons. The smallest absolute Gasteiger partial charge is 0.259 e. The van der Waals surface area contributed by atoms with E-state index in [4.69, 9.17) is 0 Å². The van der Waals surface area contributed by atoms with E-state index in [-0.39, 0.29) is 24.4 Å². The van der Waals surface area contributed by atoms with Gasteiger partial charge in [0.25, 0.3) is 17.7 Å². The van der Waals surface area contributed by atoms with Crippen molar-refractivity contribution < 1.29 is 14.4 Å². The van der Waals surface area contributed by atoms with Gasteiger partial charge in [-0.1, -0.05) is 52.3 Å². The fourth-order valence-corrected chi connectivity index (χ4v) is 4.46. The highest BCUT2D eigenvalue weighted by Gasteiger charge is 2.53. The maximum Gasteiger partial charge on any atom is 0.259 e. The maximum atomic E-state index is 13.9. The van der Waals surface area contributed by atoms with Gasteiger partial charge in [-0.15, -0.1) is 0 Å². The lowest BCUT2D eigenvalue weighted by molar-refractivity contribution is -0.124. The van der Waals surface area contributed by atoms with Gasteiger partial charge in [-0.2, -0.15) is 0 Å². The predicted molar refractivity (Wildman–Crippen MR) is 131 cm³/mol. The molecule has 0 fully saturated rings. The largest absolute Gasteiger partial charge is 0.349 e. The van der Waals surface area contributed by atoms with E-state index in [1.54, 1.807) is 53.4 Å². The van der Waals surface area contributed by atoms with E-state index in [0.29, 0.717) is 22.4 Å². The van der Waals surface area contributed by atoms with Crippen LogP contribution in [0.5, 0.6) is 0 Å². The third-order valence-corrected chi connectivity index (χ3v) is 6.18. The highest BCUT2D eigenvalue weighted by Crippen LogP contribution is 2.43. The molecule has 2 N–H and O–H groups in total. The Balaban J connectivity index is 1.77. The summed E-state index contributed by atoms with van der Waals surface area (Å²) in [5.41, 5.74) is 0.788. The van der Waals surface area contributed by atoms with Crippen LogP contribution in [0.4, 0.5) is 5.69 Å². The summed E-state index contributed by atoms with van der Waals surface area (Å²) >= 11 is 3.49. The van der Waals surface area contributed by atoms with Crippen molar-refractivity contribution in [2.24, 2.45) is 0 Å². The molecule has 4 rings (SSSR count). The van der Waals surface area contributed by atoms with E-state index < -0.39 is 11.4 Å². The van der Waals surface area contributed by atoms with Crippen molar-refractivity contribution in [1.82, 2.24) is 10.6 Å². The third kappa shape index (κ3) is 4.28. The molecule has 0 aliphatic carbocycles. The van der Waals surface area contributed by atoms with E-state index >= 15 is 0 Å². The predicted octanol–water partition coefficient (Wildman–Crippen LogP) is 4.26. The first kappa shape index (κ1) is 22.7. The molecule has 1 heterocycles. The lowest BCUT2D eigenvalue weighted by Gasteiger charge is -2.31. The van der Waals surface area contributed by atoms with Gasteiger partial charge in [0, 0.05) is 27.2 Å². The number of hydrogen-bond acceptors (Lipinski definition) is 3. The summed E-state index contributed by atoms with van der Waals surface area (Å²) in [6.45, 7) is 3.74. The molecule has 0 saturated heterocycles.